The number of aromatic amines is 1. The van der Waals surface area contributed by atoms with Crippen molar-refractivity contribution in [1.29, 1.82) is 0 Å². The van der Waals surface area contributed by atoms with Gasteiger partial charge in [-0.3, -0.25) is 4.79 Å². The van der Waals surface area contributed by atoms with Gasteiger partial charge in [-0.1, -0.05) is 23.7 Å². The Bertz CT molecular complexity index is 1100. The average Bonchev–Trinajstić information content (AvgIpc) is 2.98. The number of nitrogens with zero attached hydrogens (tertiary/aromatic N) is 1. The van der Waals surface area contributed by atoms with E-state index in [1.54, 1.807) is 29.2 Å². The van der Waals surface area contributed by atoms with Crippen LogP contribution in [0.4, 0.5) is 0 Å². The number of hydrogen-bond donors (Lipinski definition) is 1. The highest BCUT2D eigenvalue weighted by molar-refractivity contribution is 7.90. The van der Waals surface area contributed by atoms with Gasteiger partial charge in [0.1, 0.15) is 0 Å². The first kappa shape index (κ1) is 17.1. The average molecular weight is 389 g/mol. The molecule has 1 amide bonds. The molecule has 4 rings (SSSR count). The van der Waals surface area contributed by atoms with Crippen LogP contribution in [0.15, 0.2) is 47.4 Å². The zero-order valence-corrected chi connectivity index (χ0v) is 15.6. The van der Waals surface area contributed by atoms with Crippen LogP contribution in [0.5, 0.6) is 0 Å². The monoisotopic (exact) mass is 388 g/mol. The largest absolute Gasteiger partial charge is 0.356 e. The van der Waals surface area contributed by atoms with Crippen LogP contribution >= 0.6 is 11.6 Å². The number of hydrogen-bond acceptors (Lipinski definition) is 3. The molecule has 0 spiro atoms. The summed E-state index contributed by atoms with van der Waals surface area (Å²) in [4.78, 5) is 17.1. The molecule has 134 valence electrons. The molecule has 0 bridgehead atoms. The summed E-state index contributed by atoms with van der Waals surface area (Å²) < 4.78 is 23.4. The molecule has 2 heterocycles. The molecule has 0 saturated carbocycles. The maximum Gasteiger partial charge on any atom is 0.210 e. The molecule has 5 nitrogen and oxygen atoms in total. The quantitative estimate of drug-likeness (QED) is 0.699. The van der Waals surface area contributed by atoms with E-state index >= 15 is 0 Å². The molecule has 1 aliphatic heterocycles. The van der Waals surface area contributed by atoms with Crippen LogP contribution in [0.2, 0.25) is 5.02 Å². The summed E-state index contributed by atoms with van der Waals surface area (Å²) in [7, 11) is -3.26. The molecule has 3 aromatic rings. The summed E-state index contributed by atoms with van der Waals surface area (Å²) in [5.41, 5.74) is 3.94. The van der Waals surface area contributed by atoms with Crippen LogP contribution in [0.25, 0.3) is 10.9 Å². The zero-order chi connectivity index (χ0) is 18.5. The van der Waals surface area contributed by atoms with Crippen LogP contribution in [-0.4, -0.2) is 37.5 Å². The van der Waals surface area contributed by atoms with Gasteiger partial charge in [0.15, 0.2) is 9.84 Å². The summed E-state index contributed by atoms with van der Waals surface area (Å²) in [5.74, 6) is 0. The van der Waals surface area contributed by atoms with Gasteiger partial charge in [-0.15, -0.1) is 0 Å². The maximum absolute atomic E-state index is 11.7. The molecule has 0 radical (unpaired) electrons. The third kappa shape index (κ3) is 2.79. The minimum Gasteiger partial charge on any atom is -0.356 e. The Balaban J connectivity index is 1.87. The fourth-order valence-electron chi connectivity index (χ4n) is 3.65. The minimum atomic E-state index is -3.26. The first-order chi connectivity index (χ1) is 12.4. The Morgan fingerprint density at radius 1 is 1.19 bits per heavy atom. The highest BCUT2D eigenvalue weighted by Gasteiger charge is 2.31. The number of nitrogens with one attached hydrogen (secondary N) is 1. The summed E-state index contributed by atoms with van der Waals surface area (Å²) >= 11 is 6.15. The fraction of sp³-hybridized carbons (Fsp3) is 0.211. The summed E-state index contributed by atoms with van der Waals surface area (Å²) in [6, 6.07) is 12.1. The fourth-order valence-corrected chi connectivity index (χ4v) is 4.45. The highest BCUT2D eigenvalue weighted by atomic mass is 35.5. The number of benzene rings is 2. The van der Waals surface area contributed by atoms with E-state index in [1.165, 1.54) is 6.26 Å². The van der Waals surface area contributed by atoms with Gasteiger partial charge < -0.3 is 9.88 Å². The Kier molecular flexibility index (Phi) is 4.04. The lowest BCUT2D eigenvalue weighted by Crippen LogP contribution is -2.35. The lowest BCUT2D eigenvalue weighted by Gasteiger charge is -2.33. The SMILES string of the molecule is CS(=O)(=O)c1ccc(C2c3[nH]c4ccc(Cl)cc4c3CCN2C=O)cc1. The van der Waals surface area contributed by atoms with Gasteiger partial charge in [0.05, 0.1) is 10.9 Å². The van der Waals surface area contributed by atoms with E-state index in [0.29, 0.717) is 11.6 Å². The molecule has 1 aromatic heterocycles. The van der Waals surface area contributed by atoms with E-state index in [9.17, 15) is 13.2 Å². The van der Waals surface area contributed by atoms with Crippen molar-refractivity contribution in [3.05, 3.63) is 64.3 Å². The Labute approximate surface area is 156 Å². The third-order valence-electron chi connectivity index (χ3n) is 4.89. The van der Waals surface area contributed by atoms with Crippen molar-refractivity contribution in [2.24, 2.45) is 0 Å². The number of fused-ring (bicyclic) bond motifs is 3. The smallest absolute Gasteiger partial charge is 0.210 e. The second-order valence-corrected chi connectivity index (χ2v) is 9.00. The molecule has 1 unspecified atom stereocenters. The lowest BCUT2D eigenvalue weighted by molar-refractivity contribution is -0.120. The standard InChI is InChI=1S/C19H17ClN2O3S/c1-26(24,25)14-5-2-12(3-6-14)19-18-15(8-9-22(19)11-23)16-10-13(20)4-7-17(16)21-18/h2-7,10-11,19,21H,8-9H2,1H3. The summed E-state index contributed by atoms with van der Waals surface area (Å²) in [5, 5.41) is 1.74. The Hall–Kier alpha value is -2.31. The number of sulfone groups is 1. The van der Waals surface area contributed by atoms with E-state index in [4.69, 9.17) is 11.6 Å². The van der Waals surface area contributed by atoms with Gasteiger partial charge in [0, 0.05) is 34.4 Å². The normalized spacial score (nSPS) is 17.3. The Morgan fingerprint density at radius 2 is 1.92 bits per heavy atom. The molecule has 7 heteroatoms. The molecule has 2 aromatic carbocycles. The highest BCUT2D eigenvalue weighted by Crippen LogP contribution is 2.38. The topological polar surface area (TPSA) is 70.2 Å². The van der Waals surface area contributed by atoms with Gasteiger partial charge in [-0.25, -0.2) is 8.42 Å². The maximum atomic E-state index is 11.7. The van der Waals surface area contributed by atoms with Gasteiger partial charge >= 0.3 is 0 Å². The van der Waals surface area contributed by atoms with E-state index in [2.05, 4.69) is 4.98 Å². The van der Waals surface area contributed by atoms with E-state index < -0.39 is 9.84 Å². The summed E-state index contributed by atoms with van der Waals surface area (Å²) in [6.07, 6.45) is 2.77. The van der Waals surface area contributed by atoms with E-state index in [-0.39, 0.29) is 10.9 Å². The molecule has 0 fully saturated rings. The number of amides is 1. The van der Waals surface area contributed by atoms with Crippen molar-refractivity contribution in [1.82, 2.24) is 9.88 Å². The predicted octanol–water partition coefficient (Wildman–Crippen LogP) is 3.33. The lowest BCUT2D eigenvalue weighted by atomic mass is 9.93. The van der Waals surface area contributed by atoms with Crippen LogP contribution in [0.1, 0.15) is 22.9 Å². The number of carbonyl (C=O) groups excluding carboxylic acids is 1. The molecular weight excluding hydrogens is 372 g/mol. The molecule has 0 saturated heterocycles. The molecular formula is C19H17ClN2O3S. The number of carbonyl (C=O) groups is 1. The second-order valence-electron chi connectivity index (χ2n) is 6.54. The van der Waals surface area contributed by atoms with Gasteiger partial charge in [-0.05, 0) is 47.9 Å². The number of rotatable bonds is 3. The number of aromatic nitrogens is 1. The van der Waals surface area contributed by atoms with Crippen molar-refractivity contribution in [2.45, 2.75) is 17.4 Å². The van der Waals surface area contributed by atoms with E-state index in [0.717, 1.165) is 40.6 Å². The number of halogens is 1. The van der Waals surface area contributed by atoms with Crippen molar-refractivity contribution in [3.63, 3.8) is 0 Å². The van der Waals surface area contributed by atoms with Gasteiger partial charge in [0.25, 0.3) is 0 Å². The summed E-state index contributed by atoms with van der Waals surface area (Å²) in [6.45, 7) is 0.592. The van der Waals surface area contributed by atoms with Crippen LogP contribution in [0.3, 0.4) is 0 Å². The molecule has 1 N–H and O–H groups in total. The van der Waals surface area contributed by atoms with Gasteiger partial charge in [0.2, 0.25) is 6.41 Å². The third-order valence-corrected chi connectivity index (χ3v) is 6.25. The van der Waals surface area contributed by atoms with Gasteiger partial charge in [-0.2, -0.15) is 0 Å². The second kappa shape index (κ2) is 6.14. The van der Waals surface area contributed by atoms with Crippen LogP contribution in [0, 0.1) is 0 Å². The first-order valence-corrected chi connectivity index (χ1v) is 10.5. The molecule has 1 aliphatic rings. The zero-order valence-electron chi connectivity index (χ0n) is 14.1. The molecule has 26 heavy (non-hydrogen) atoms. The van der Waals surface area contributed by atoms with E-state index in [1.807, 2.05) is 18.2 Å². The van der Waals surface area contributed by atoms with Crippen molar-refractivity contribution in [3.8, 4) is 0 Å². The predicted molar refractivity (Wildman–Crippen MR) is 101 cm³/mol. The first-order valence-electron chi connectivity index (χ1n) is 8.19. The Morgan fingerprint density at radius 3 is 2.58 bits per heavy atom. The van der Waals surface area contributed by atoms with Crippen molar-refractivity contribution < 1.29 is 13.2 Å². The van der Waals surface area contributed by atoms with Crippen molar-refractivity contribution >= 4 is 38.8 Å². The number of H-pyrrole nitrogens is 1. The molecule has 0 aliphatic carbocycles. The van der Waals surface area contributed by atoms with Crippen molar-refractivity contribution in [2.75, 3.05) is 12.8 Å². The minimum absolute atomic E-state index is 0.262. The van der Waals surface area contributed by atoms with Crippen LogP contribution < -0.4 is 0 Å². The van der Waals surface area contributed by atoms with Crippen LogP contribution in [-0.2, 0) is 21.1 Å². The molecule has 1 atom stereocenters.